The van der Waals surface area contributed by atoms with Crippen LogP contribution >= 0.6 is 0 Å². The van der Waals surface area contributed by atoms with Crippen molar-refractivity contribution >= 4 is 17.2 Å². The third-order valence-electron chi connectivity index (χ3n) is 3.80. The van der Waals surface area contributed by atoms with Crippen LogP contribution in [-0.4, -0.2) is 11.5 Å². The second-order valence-electron chi connectivity index (χ2n) is 5.10. The minimum absolute atomic E-state index is 0.791. The van der Waals surface area contributed by atoms with Gasteiger partial charge in [0.1, 0.15) is 0 Å². The Morgan fingerprint density at radius 1 is 1.16 bits per heavy atom. The van der Waals surface area contributed by atoms with Crippen LogP contribution in [0.2, 0.25) is 0 Å². The molecule has 1 aliphatic heterocycles. The molecule has 0 fully saturated rings. The summed E-state index contributed by atoms with van der Waals surface area (Å²) in [4.78, 5) is 6.77. The number of para-hydroxylation sites is 1. The molecule has 0 unspecified atom stereocenters. The van der Waals surface area contributed by atoms with Gasteiger partial charge in [0.05, 0.1) is 5.69 Å². The summed E-state index contributed by atoms with van der Waals surface area (Å²) in [7, 11) is 0. The number of benzene rings is 1. The number of aryl methyl sites for hydroxylation is 2. The lowest BCUT2D eigenvalue weighted by atomic mass is 10.1. The first-order valence-corrected chi connectivity index (χ1v) is 6.84. The van der Waals surface area contributed by atoms with E-state index in [9.17, 15) is 0 Å². The van der Waals surface area contributed by atoms with Crippen molar-refractivity contribution in [2.45, 2.75) is 26.2 Å². The summed E-state index contributed by atoms with van der Waals surface area (Å²) < 4.78 is 0. The molecule has 3 nitrogen and oxygen atoms in total. The molecule has 0 bridgehead atoms. The van der Waals surface area contributed by atoms with E-state index in [-0.39, 0.29) is 0 Å². The van der Waals surface area contributed by atoms with Gasteiger partial charge in [0.2, 0.25) is 0 Å². The first-order valence-electron chi connectivity index (χ1n) is 6.84. The SMILES string of the molecule is Cc1ccnc(N2CCCCc3ccccc32)c1N. The molecule has 3 heteroatoms. The fraction of sp³-hybridized carbons (Fsp3) is 0.312. The molecule has 19 heavy (non-hydrogen) atoms. The highest BCUT2D eigenvalue weighted by molar-refractivity contribution is 5.75. The Bertz CT molecular complexity index is 592. The molecule has 0 aliphatic carbocycles. The van der Waals surface area contributed by atoms with Gasteiger partial charge >= 0.3 is 0 Å². The van der Waals surface area contributed by atoms with E-state index in [0.717, 1.165) is 30.0 Å². The number of nitrogens with two attached hydrogens (primary N) is 1. The average molecular weight is 253 g/mol. The number of hydrogen-bond donors (Lipinski definition) is 1. The normalized spacial score (nSPS) is 14.9. The standard InChI is InChI=1S/C16H19N3/c1-12-9-10-18-16(15(12)17)19-11-5-4-7-13-6-2-3-8-14(13)19/h2-3,6,8-10H,4-5,7,11,17H2,1H3. The number of nitrogens with zero attached hydrogens (tertiary/aromatic N) is 2. The van der Waals surface area contributed by atoms with Crippen molar-refractivity contribution in [3.05, 3.63) is 47.7 Å². The summed E-state index contributed by atoms with van der Waals surface area (Å²) in [5.74, 6) is 0.898. The maximum atomic E-state index is 6.22. The van der Waals surface area contributed by atoms with Gasteiger partial charge in [-0.2, -0.15) is 0 Å². The molecule has 0 spiro atoms. The van der Waals surface area contributed by atoms with E-state index in [2.05, 4.69) is 34.1 Å². The van der Waals surface area contributed by atoms with E-state index in [1.54, 1.807) is 0 Å². The molecule has 2 N–H and O–H groups in total. The minimum Gasteiger partial charge on any atom is -0.396 e. The molecule has 1 aliphatic rings. The van der Waals surface area contributed by atoms with Gasteiger partial charge in [0, 0.05) is 18.4 Å². The van der Waals surface area contributed by atoms with Crippen LogP contribution in [0.3, 0.4) is 0 Å². The van der Waals surface area contributed by atoms with Crippen molar-refractivity contribution in [1.29, 1.82) is 0 Å². The molecule has 3 rings (SSSR count). The molecule has 98 valence electrons. The quantitative estimate of drug-likeness (QED) is 0.846. The summed E-state index contributed by atoms with van der Waals surface area (Å²) in [6.45, 7) is 3.02. The van der Waals surface area contributed by atoms with E-state index < -0.39 is 0 Å². The van der Waals surface area contributed by atoms with Crippen molar-refractivity contribution in [3.63, 3.8) is 0 Å². The third kappa shape index (κ3) is 2.16. The van der Waals surface area contributed by atoms with Crippen LogP contribution in [0.5, 0.6) is 0 Å². The molecular weight excluding hydrogens is 234 g/mol. The van der Waals surface area contributed by atoms with Gasteiger partial charge < -0.3 is 10.6 Å². The van der Waals surface area contributed by atoms with Gasteiger partial charge in [-0.1, -0.05) is 18.2 Å². The Balaban J connectivity index is 2.12. The fourth-order valence-electron chi connectivity index (χ4n) is 2.68. The van der Waals surface area contributed by atoms with Gasteiger partial charge in [-0.05, 0) is 49.4 Å². The molecule has 2 heterocycles. The molecule has 0 amide bonds. The minimum atomic E-state index is 0.791. The van der Waals surface area contributed by atoms with Crippen LogP contribution in [0.15, 0.2) is 36.5 Å². The molecule has 1 aromatic heterocycles. The summed E-state index contributed by atoms with van der Waals surface area (Å²) in [5.41, 5.74) is 10.7. The van der Waals surface area contributed by atoms with Crippen molar-refractivity contribution in [2.75, 3.05) is 17.2 Å². The highest BCUT2D eigenvalue weighted by atomic mass is 15.2. The second kappa shape index (κ2) is 4.92. The maximum Gasteiger partial charge on any atom is 0.156 e. The number of anilines is 3. The predicted octanol–water partition coefficient (Wildman–Crippen LogP) is 3.45. The maximum absolute atomic E-state index is 6.22. The molecular formula is C16H19N3. The highest BCUT2D eigenvalue weighted by Crippen LogP contribution is 2.34. The van der Waals surface area contributed by atoms with Crippen molar-refractivity contribution < 1.29 is 0 Å². The zero-order chi connectivity index (χ0) is 13.2. The molecule has 0 atom stereocenters. The van der Waals surface area contributed by atoms with Crippen molar-refractivity contribution in [3.8, 4) is 0 Å². The Labute approximate surface area is 114 Å². The monoisotopic (exact) mass is 253 g/mol. The Morgan fingerprint density at radius 2 is 2.00 bits per heavy atom. The fourth-order valence-corrected chi connectivity index (χ4v) is 2.68. The first kappa shape index (κ1) is 12.0. The number of rotatable bonds is 1. The third-order valence-corrected chi connectivity index (χ3v) is 3.80. The van der Waals surface area contributed by atoms with Crippen LogP contribution in [0, 0.1) is 6.92 Å². The molecule has 0 saturated heterocycles. The van der Waals surface area contributed by atoms with E-state index in [1.807, 2.05) is 19.2 Å². The van der Waals surface area contributed by atoms with Gasteiger partial charge in [-0.15, -0.1) is 0 Å². The Kier molecular flexibility index (Phi) is 3.11. The Hall–Kier alpha value is -2.03. The lowest BCUT2D eigenvalue weighted by Crippen LogP contribution is -2.20. The first-order chi connectivity index (χ1) is 9.27. The summed E-state index contributed by atoms with van der Waals surface area (Å²) >= 11 is 0. The lowest BCUT2D eigenvalue weighted by molar-refractivity contribution is 0.758. The number of fused-ring (bicyclic) bond motifs is 1. The number of hydrogen-bond acceptors (Lipinski definition) is 3. The average Bonchev–Trinajstić information content (AvgIpc) is 2.64. The second-order valence-corrected chi connectivity index (χ2v) is 5.10. The number of nitrogen functional groups attached to an aromatic ring is 1. The molecule has 1 aromatic carbocycles. The van der Waals surface area contributed by atoms with E-state index >= 15 is 0 Å². The van der Waals surface area contributed by atoms with Gasteiger partial charge in [0.15, 0.2) is 5.82 Å². The predicted molar refractivity (Wildman–Crippen MR) is 79.8 cm³/mol. The summed E-state index contributed by atoms with van der Waals surface area (Å²) in [6, 6.07) is 10.5. The molecule has 2 aromatic rings. The summed E-state index contributed by atoms with van der Waals surface area (Å²) in [5, 5.41) is 0. The van der Waals surface area contributed by atoms with Gasteiger partial charge in [-0.25, -0.2) is 4.98 Å². The van der Waals surface area contributed by atoms with E-state index in [1.165, 1.54) is 24.1 Å². The van der Waals surface area contributed by atoms with Crippen LogP contribution in [0.1, 0.15) is 24.0 Å². The van der Waals surface area contributed by atoms with Crippen molar-refractivity contribution in [1.82, 2.24) is 4.98 Å². The zero-order valence-corrected chi connectivity index (χ0v) is 11.3. The van der Waals surface area contributed by atoms with Gasteiger partial charge in [0.25, 0.3) is 0 Å². The highest BCUT2D eigenvalue weighted by Gasteiger charge is 2.19. The topological polar surface area (TPSA) is 42.2 Å². The largest absolute Gasteiger partial charge is 0.396 e. The van der Waals surface area contributed by atoms with Crippen molar-refractivity contribution in [2.24, 2.45) is 0 Å². The zero-order valence-electron chi connectivity index (χ0n) is 11.3. The van der Waals surface area contributed by atoms with Crippen LogP contribution in [-0.2, 0) is 6.42 Å². The number of aromatic nitrogens is 1. The van der Waals surface area contributed by atoms with E-state index in [0.29, 0.717) is 0 Å². The van der Waals surface area contributed by atoms with E-state index in [4.69, 9.17) is 5.73 Å². The molecule has 0 radical (unpaired) electrons. The van der Waals surface area contributed by atoms with Crippen LogP contribution in [0.25, 0.3) is 0 Å². The summed E-state index contributed by atoms with van der Waals surface area (Å²) in [6.07, 6.45) is 5.37. The molecule has 0 saturated carbocycles. The lowest BCUT2D eigenvalue weighted by Gasteiger charge is -2.25. The van der Waals surface area contributed by atoms with Gasteiger partial charge in [-0.3, -0.25) is 0 Å². The van der Waals surface area contributed by atoms with Crippen LogP contribution in [0.4, 0.5) is 17.2 Å². The Morgan fingerprint density at radius 3 is 2.89 bits per heavy atom. The van der Waals surface area contributed by atoms with Crippen LogP contribution < -0.4 is 10.6 Å². The number of pyridine rings is 1. The smallest absolute Gasteiger partial charge is 0.156 e.